The Bertz CT molecular complexity index is 1220. The van der Waals surface area contributed by atoms with Crippen molar-refractivity contribution in [3.8, 4) is 11.5 Å². The summed E-state index contributed by atoms with van der Waals surface area (Å²) >= 11 is 0. The first-order valence-corrected chi connectivity index (χ1v) is 18.0. The number of phenols is 2. The molecule has 2 atom stereocenters. The minimum absolute atomic E-state index is 0. The molecule has 0 spiro atoms. The molecule has 0 aliphatic heterocycles. The Balaban J connectivity index is 0. The van der Waals surface area contributed by atoms with Gasteiger partial charge in [-0.05, 0) is 57.8 Å². The van der Waals surface area contributed by atoms with Gasteiger partial charge in [0.2, 0.25) is 0 Å². The molecule has 1 fully saturated rings. The van der Waals surface area contributed by atoms with E-state index in [0.29, 0.717) is 11.5 Å². The number of phenolic OH excluding ortho intramolecular Hbond substituents is 2. The molecule has 1 aliphatic rings. The number of hydrogen-bond donors (Lipinski definition) is 2. The molecule has 50 heavy (non-hydrogen) atoms. The van der Waals surface area contributed by atoms with Gasteiger partial charge in [0.05, 0.1) is 12.1 Å². The average molecular weight is 797 g/mol. The van der Waals surface area contributed by atoms with Gasteiger partial charge in [0.25, 0.3) is 0 Å². The third kappa shape index (κ3) is 16.6. The first-order valence-electron chi connectivity index (χ1n) is 18.0. The molecule has 0 aromatic heterocycles. The van der Waals surface area contributed by atoms with Crippen LogP contribution in [0, 0.1) is 0 Å². The normalized spacial score (nSPS) is 16.8. The van der Waals surface area contributed by atoms with E-state index in [0.717, 1.165) is 47.9 Å². The molecule has 0 radical (unpaired) electrons. The molecule has 2 aromatic carbocycles. The summed E-state index contributed by atoms with van der Waals surface area (Å²) in [7, 11) is 0. The summed E-state index contributed by atoms with van der Waals surface area (Å²) in [5.74, 6) is 0.637. The molecule has 1 saturated carbocycles. The SMILES string of the molecule is CC(C)(C)c1cc(C=N[C@@H]2CCCC[C@H]2N=Cc2cc(C(C)(C)C)cc(C(C)(C)C)c2O)c(O)c(C(C)(C)C)c1.CC[O-].CC[O-].CC[O-].[In+3]. The van der Waals surface area contributed by atoms with Crippen molar-refractivity contribution in [2.45, 2.75) is 163 Å². The molecule has 1 aliphatic carbocycles. The van der Waals surface area contributed by atoms with Crippen molar-refractivity contribution in [3.05, 3.63) is 57.6 Å². The van der Waals surface area contributed by atoms with E-state index in [2.05, 4.69) is 107 Å². The third-order valence-corrected chi connectivity index (χ3v) is 8.13. The minimum atomic E-state index is -0.179. The summed E-state index contributed by atoms with van der Waals surface area (Å²) in [6, 6.07) is 8.53. The van der Waals surface area contributed by atoms with Crippen LogP contribution in [-0.2, 0) is 21.7 Å². The van der Waals surface area contributed by atoms with Crippen LogP contribution >= 0.6 is 0 Å². The maximum absolute atomic E-state index is 11.2. The zero-order chi connectivity index (χ0) is 38.4. The fourth-order valence-corrected chi connectivity index (χ4v) is 5.31. The molecule has 0 bridgehead atoms. The van der Waals surface area contributed by atoms with Crippen molar-refractivity contribution < 1.29 is 25.5 Å². The Morgan fingerprint density at radius 3 is 1.04 bits per heavy atom. The van der Waals surface area contributed by atoms with E-state index in [1.54, 1.807) is 20.8 Å². The van der Waals surface area contributed by atoms with Crippen LogP contribution in [0.3, 0.4) is 0 Å². The Labute approximate surface area is 324 Å². The molecule has 0 unspecified atom stereocenters. The van der Waals surface area contributed by atoms with E-state index in [1.165, 1.54) is 11.1 Å². The molecular weight excluding hydrogens is 727 g/mol. The molecule has 0 amide bonds. The van der Waals surface area contributed by atoms with E-state index in [9.17, 15) is 10.2 Å². The number of rotatable bonds is 4. The van der Waals surface area contributed by atoms with Gasteiger partial charge in [-0.25, -0.2) is 0 Å². The molecule has 280 valence electrons. The number of nitrogens with zero attached hydrogens (tertiary/aromatic N) is 2. The summed E-state index contributed by atoms with van der Waals surface area (Å²) in [4.78, 5) is 10.1. The van der Waals surface area contributed by atoms with Gasteiger partial charge in [0.1, 0.15) is 11.5 Å². The van der Waals surface area contributed by atoms with Crippen LogP contribution < -0.4 is 15.3 Å². The van der Waals surface area contributed by atoms with Crippen molar-refractivity contribution in [2.24, 2.45) is 9.98 Å². The van der Waals surface area contributed by atoms with Gasteiger partial charge in [-0.15, -0.1) is 19.8 Å². The fourth-order valence-electron chi connectivity index (χ4n) is 5.31. The summed E-state index contributed by atoms with van der Waals surface area (Å²) in [5.41, 5.74) is 5.39. The second-order valence-corrected chi connectivity index (χ2v) is 16.8. The van der Waals surface area contributed by atoms with Crippen LogP contribution in [0.5, 0.6) is 11.5 Å². The average Bonchev–Trinajstić information content (AvgIpc) is 2.95. The Kier molecular flexibility index (Phi) is 22.4. The van der Waals surface area contributed by atoms with E-state index in [-0.39, 0.29) is 79.4 Å². The first kappa shape index (κ1) is 50.2. The molecule has 7 nitrogen and oxygen atoms in total. The van der Waals surface area contributed by atoms with E-state index >= 15 is 0 Å². The monoisotopic (exact) mass is 796 g/mol. The maximum Gasteiger partial charge on any atom is 3.00 e. The summed E-state index contributed by atoms with van der Waals surface area (Å²) in [6.07, 6.45) is 7.90. The fraction of sp³-hybridized carbons (Fsp3) is 0.667. The Morgan fingerprint density at radius 2 is 0.820 bits per heavy atom. The van der Waals surface area contributed by atoms with Gasteiger partial charge in [0, 0.05) is 34.7 Å². The first-order chi connectivity index (χ1) is 22.4. The Morgan fingerprint density at radius 1 is 0.560 bits per heavy atom. The predicted octanol–water partition coefficient (Wildman–Crippen LogP) is 6.86. The van der Waals surface area contributed by atoms with Crippen LogP contribution in [0.2, 0.25) is 0 Å². The van der Waals surface area contributed by atoms with Gasteiger partial charge in [-0.2, -0.15) is 0 Å². The zero-order valence-electron chi connectivity index (χ0n) is 34.2. The quantitative estimate of drug-likeness (QED) is 0.327. The van der Waals surface area contributed by atoms with E-state index < -0.39 is 0 Å². The number of benzene rings is 2. The van der Waals surface area contributed by atoms with Gasteiger partial charge in [-0.1, -0.05) is 129 Å². The van der Waals surface area contributed by atoms with Gasteiger partial charge in [-0.3, -0.25) is 9.98 Å². The summed E-state index contributed by atoms with van der Waals surface area (Å²) < 4.78 is 0. The molecule has 2 N–H and O–H groups in total. The topological polar surface area (TPSA) is 134 Å². The molecule has 0 saturated heterocycles. The zero-order valence-corrected chi connectivity index (χ0v) is 37.5. The molecule has 2 aromatic rings. The second kappa shape index (κ2) is 22.3. The van der Waals surface area contributed by atoms with Crippen molar-refractivity contribution >= 4 is 38.3 Å². The molecule has 0 heterocycles. The van der Waals surface area contributed by atoms with Crippen LogP contribution in [-0.4, -0.2) is 80.4 Å². The van der Waals surface area contributed by atoms with Crippen LogP contribution in [0.1, 0.15) is 163 Å². The van der Waals surface area contributed by atoms with Crippen LogP contribution in [0.25, 0.3) is 0 Å². The Hall–Kier alpha value is -1.87. The van der Waals surface area contributed by atoms with Gasteiger partial charge < -0.3 is 25.5 Å². The number of aliphatic imine (C=N–C) groups is 2. The van der Waals surface area contributed by atoms with Crippen molar-refractivity contribution in [2.75, 3.05) is 19.8 Å². The number of hydrogen-bond acceptors (Lipinski definition) is 7. The largest absolute Gasteiger partial charge is 3.00 e. The smallest absolute Gasteiger partial charge is 0.855 e. The van der Waals surface area contributed by atoms with Crippen molar-refractivity contribution in [1.29, 1.82) is 0 Å². The third-order valence-electron chi connectivity index (χ3n) is 8.13. The van der Waals surface area contributed by atoms with Crippen LogP contribution in [0.15, 0.2) is 34.3 Å². The second-order valence-electron chi connectivity index (χ2n) is 16.8. The minimum Gasteiger partial charge on any atom is -0.855 e. The van der Waals surface area contributed by atoms with E-state index in [1.807, 2.05) is 12.4 Å². The predicted molar refractivity (Wildman–Crippen MR) is 210 cm³/mol. The molecule has 8 heteroatoms. The van der Waals surface area contributed by atoms with E-state index in [4.69, 9.17) is 25.3 Å². The molecule has 3 rings (SSSR count). The van der Waals surface area contributed by atoms with Gasteiger partial charge >= 0.3 is 25.8 Å². The van der Waals surface area contributed by atoms with Crippen molar-refractivity contribution in [1.82, 2.24) is 0 Å². The van der Waals surface area contributed by atoms with Crippen molar-refractivity contribution in [3.63, 3.8) is 0 Å². The summed E-state index contributed by atoms with van der Waals surface area (Å²) in [6.45, 7) is 30.7. The maximum atomic E-state index is 11.2. The summed E-state index contributed by atoms with van der Waals surface area (Å²) in [5, 5.41) is 49.2. The standard InChI is InChI=1S/C36H54N2O2.3C2H5O.In/c1-33(2,3)25-17-23(31(39)27(19-25)35(7,8)9)21-37-29-15-13-14-16-30(29)38-22-24-18-26(34(4,5)6)20-28(32(24)40)36(10,11)12;3*1-2-3;/h17-22,29-30,39-40H,13-16H2,1-12H3;3*2H2,1H3;/q;3*-1;+3/t29-,30-;;;;/m1..../s1. The van der Waals surface area contributed by atoms with Crippen LogP contribution in [0.4, 0.5) is 0 Å². The number of aromatic hydroxyl groups is 2. The molecular formula is C42H69InN2O5. The van der Waals surface area contributed by atoms with Gasteiger partial charge in [0.15, 0.2) is 0 Å².